The van der Waals surface area contributed by atoms with E-state index >= 15 is 0 Å². The van der Waals surface area contributed by atoms with Crippen LogP contribution in [0.5, 0.6) is 0 Å². The molecule has 1 saturated carbocycles. The molecule has 1 aromatic rings. The lowest BCUT2D eigenvalue weighted by molar-refractivity contribution is -0.0394. The van der Waals surface area contributed by atoms with Crippen molar-refractivity contribution in [3.8, 4) is 0 Å². The van der Waals surface area contributed by atoms with Gasteiger partial charge in [-0.1, -0.05) is 12.1 Å². The molecule has 17 heavy (non-hydrogen) atoms. The van der Waals surface area contributed by atoms with E-state index in [2.05, 4.69) is 21.2 Å². The van der Waals surface area contributed by atoms with Crippen molar-refractivity contribution in [1.82, 2.24) is 5.32 Å². The summed E-state index contributed by atoms with van der Waals surface area (Å²) in [6.07, 6.45) is 2.55. The minimum absolute atomic E-state index is 0.229. The first-order valence-electron chi connectivity index (χ1n) is 5.89. The summed E-state index contributed by atoms with van der Waals surface area (Å²) in [5.41, 5.74) is 0.877. The first-order chi connectivity index (χ1) is 8.20. The van der Waals surface area contributed by atoms with Crippen LogP contribution >= 0.6 is 15.9 Å². The van der Waals surface area contributed by atoms with Crippen LogP contribution in [0.2, 0.25) is 0 Å². The van der Waals surface area contributed by atoms with Gasteiger partial charge in [0.05, 0.1) is 17.2 Å². The first kappa shape index (κ1) is 13.0. The van der Waals surface area contributed by atoms with E-state index in [9.17, 15) is 4.39 Å². The molecule has 2 nitrogen and oxygen atoms in total. The third-order valence-electron chi connectivity index (χ3n) is 3.19. The molecule has 0 aliphatic heterocycles. The van der Waals surface area contributed by atoms with E-state index in [4.69, 9.17) is 4.74 Å². The van der Waals surface area contributed by atoms with E-state index in [-0.39, 0.29) is 5.82 Å². The van der Waals surface area contributed by atoms with Crippen LogP contribution in [0.1, 0.15) is 18.4 Å². The predicted octanol–water partition coefficient (Wildman–Crippen LogP) is 3.10. The lowest BCUT2D eigenvalue weighted by Gasteiger charge is -2.35. The third kappa shape index (κ3) is 3.27. The molecule has 1 aliphatic rings. The van der Waals surface area contributed by atoms with Crippen molar-refractivity contribution in [1.29, 1.82) is 0 Å². The lowest BCUT2D eigenvalue weighted by Crippen LogP contribution is -2.36. The topological polar surface area (TPSA) is 21.3 Å². The molecule has 0 amide bonds. The standard InChI is InChI=1S/C13H17BrFNO/c1-16-7-9-5-11(6-9)17-8-10-3-2-4-12(15)13(10)14/h2-4,9,11,16H,5-8H2,1H3. The zero-order valence-corrected chi connectivity index (χ0v) is 11.5. The maximum atomic E-state index is 13.3. The first-order valence-corrected chi connectivity index (χ1v) is 6.69. The number of hydrogen-bond donors (Lipinski definition) is 1. The van der Waals surface area contributed by atoms with Gasteiger partial charge in [-0.2, -0.15) is 0 Å². The van der Waals surface area contributed by atoms with E-state index in [0.29, 0.717) is 17.2 Å². The van der Waals surface area contributed by atoms with Gasteiger partial charge in [0, 0.05) is 0 Å². The third-order valence-corrected chi connectivity index (χ3v) is 4.08. The molecule has 0 saturated heterocycles. The summed E-state index contributed by atoms with van der Waals surface area (Å²) in [5, 5.41) is 3.17. The number of rotatable bonds is 5. The smallest absolute Gasteiger partial charge is 0.137 e. The van der Waals surface area contributed by atoms with Gasteiger partial charge in [0.15, 0.2) is 0 Å². The minimum atomic E-state index is -0.229. The van der Waals surface area contributed by atoms with Crippen molar-refractivity contribution in [2.45, 2.75) is 25.6 Å². The number of nitrogens with one attached hydrogen (secondary N) is 1. The molecule has 0 bridgehead atoms. The highest BCUT2D eigenvalue weighted by molar-refractivity contribution is 9.10. The largest absolute Gasteiger partial charge is 0.373 e. The Labute approximate surface area is 110 Å². The van der Waals surface area contributed by atoms with Crippen LogP contribution in [0.3, 0.4) is 0 Å². The average Bonchev–Trinajstić information content (AvgIpc) is 2.26. The van der Waals surface area contributed by atoms with Crippen molar-refractivity contribution in [3.05, 3.63) is 34.1 Å². The van der Waals surface area contributed by atoms with Crippen LogP contribution < -0.4 is 5.32 Å². The van der Waals surface area contributed by atoms with Crippen molar-refractivity contribution in [2.24, 2.45) is 5.92 Å². The van der Waals surface area contributed by atoms with Gasteiger partial charge in [0.25, 0.3) is 0 Å². The summed E-state index contributed by atoms with van der Waals surface area (Å²) in [7, 11) is 1.97. The highest BCUT2D eigenvalue weighted by Gasteiger charge is 2.29. The normalized spacial score (nSPS) is 23.5. The molecule has 0 atom stereocenters. The van der Waals surface area contributed by atoms with Gasteiger partial charge in [-0.05, 0) is 59.9 Å². The molecule has 0 radical (unpaired) electrons. The molecular formula is C13H17BrFNO. The molecule has 1 aromatic carbocycles. The molecule has 4 heteroatoms. The minimum Gasteiger partial charge on any atom is -0.373 e. The van der Waals surface area contributed by atoms with Crippen LogP contribution in [-0.2, 0) is 11.3 Å². The molecular weight excluding hydrogens is 285 g/mol. The highest BCUT2D eigenvalue weighted by atomic mass is 79.9. The van der Waals surface area contributed by atoms with E-state index in [1.54, 1.807) is 6.07 Å². The predicted molar refractivity (Wildman–Crippen MR) is 69.3 cm³/mol. The average molecular weight is 302 g/mol. The van der Waals surface area contributed by atoms with Crippen LogP contribution in [0, 0.1) is 11.7 Å². The summed E-state index contributed by atoms with van der Waals surface area (Å²) in [5.74, 6) is 0.508. The Kier molecular flexibility index (Phi) is 4.54. The fraction of sp³-hybridized carbons (Fsp3) is 0.538. The van der Waals surface area contributed by atoms with E-state index in [0.717, 1.165) is 30.9 Å². The highest BCUT2D eigenvalue weighted by Crippen LogP contribution is 2.31. The molecule has 0 unspecified atom stereocenters. The molecule has 1 N–H and O–H groups in total. The Hall–Kier alpha value is -0.450. The maximum absolute atomic E-state index is 13.3. The second-order valence-electron chi connectivity index (χ2n) is 4.54. The summed E-state index contributed by atoms with van der Waals surface area (Å²) < 4.78 is 19.5. The van der Waals surface area contributed by atoms with E-state index in [1.807, 2.05) is 13.1 Å². The molecule has 2 rings (SSSR count). The maximum Gasteiger partial charge on any atom is 0.137 e. The van der Waals surface area contributed by atoms with Gasteiger partial charge in [0.1, 0.15) is 5.82 Å². The summed E-state index contributed by atoms with van der Waals surface area (Å²) in [6.45, 7) is 1.54. The quantitative estimate of drug-likeness (QED) is 0.902. The Bertz CT molecular complexity index is 380. The van der Waals surface area contributed by atoms with Crippen LogP contribution in [0.25, 0.3) is 0 Å². The number of ether oxygens (including phenoxy) is 1. The van der Waals surface area contributed by atoms with Crippen molar-refractivity contribution in [2.75, 3.05) is 13.6 Å². The van der Waals surface area contributed by atoms with Crippen LogP contribution in [0.4, 0.5) is 4.39 Å². The van der Waals surface area contributed by atoms with Gasteiger partial charge in [-0.15, -0.1) is 0 Å². The van der Waals surface area contributed by atoms with Gasteiger partial charge in [-0.3, -0.25) is 0 Å². The zero-order valence-electron chi connectivity index (χ0n) is 9.88. The fourth-order valence-electron chi connectivity index (χ4n) is 2.13. The van der Waals surface area contributed by atoms with Gasteiger partial charge in [-0.25, -0.2) is 4.39 Å². The van der Waals surface area contributed by atoms with Gasteiger partial charge < -0.3 is 10.1 Å². The summed E-state index contributed by atoms with van der Waals surface area (Å²) in [4.78, 5) is 0. The molecule has 0 spiro atoms. The summed E-state index contributed by atoms with van der Waals surface area (Å²) in [6, 6.07) is 5.04. The van der Waals surface area contributed by atoms with Gasteiger partial charge >= 0.3 is 0 Å². The Morgan fingerprint density at radius 3 is 2.94 bits per heavy atom. The Balaban J connectivity index is 1.78. The van der Waals surface area contributed by atoms with Crippen molar-refractivity contribution < 1.29 is 9.13 Å². The monoisotopic (exact) mass is 301 g/mol. The molecule has 0 aromatic heterocycles. The lowest BCUT2D eigenvalue weighted by atomic mass is 9.82. The zero-order chi connectivity index (χ0) is 12.3. The molecule has 1 fully saturated rings. The Morgan fingerprint density at radius 1 is 1.47 bits per heavy atom. The SMILES string of the molecule is CNCC1CC(OCc2cccc(F)c2Br)C1. The van der Waals surface area contributed by atoms with Crippen LogP contribution in [0.15, 0.2) is 22.7 Å². The molecule has 94 valence electrons. The van der Waals surface area contributed by atoms with Crippen molar-refractivity contribution in [3.63, 3.8) is 0 Å². The second kappa shape index (κ2) is 5.94. The molecule has 0 heterocycles. The number of hydrogen-bond acceptors (Lipinski definition) is 2. The second-order valence-corrected chi connectivity index (χ2v) is 5.33. The van der Waals surface area contributed by atoms with E-state index in [1.165, 1.54) is 6.07 Å². The van der Waals surface area contributed by atoms with Crippen LogP contribution in [-0.4, -0.2) is 19.7 Å². The Morgan fingerprint density at radius 2 is 2.24 bits per heavy atom. The van der Waals surface area contributed by atoms with Gasteiger partial charge in [0.2, 0.25) is 0 Å². The number of benzene rings is 1. The molecule has 1 aliphatic carbocycles. The van der Waals surface area contributed by atoms with E-state index < -0.39 is 0 Å². The fourth-order valence-corrected chi connectivity index (χ4v) is 2.51. The number of halogens is 2. The van der Waals surface area contributed by atoms with Crippen molar-refractivity contribution >= 4 is 15.9 Å². The summed E-state index contributed by atoms with van der Waals surface area (Å²) >= 11 is 3.24.